The molecule has 1 aliphatic rings. The Balaban J connectivity index is 1.68. The number of benzene rings is 2. The Morgan fingerprint density at radius 3 is 2.53 bits per heavy atom. The fraction of sp³-hybridized carbons (Fsp3) is 0.217. The number of aryl methyl sites for hydroxylation is 1. The van der Waals surface area contributed by atoms with Crippen LogP contribution in [0.5, 0.6) is 0 Å². The molecule has 0 fully saturated rings. The molecule has 0 saturated carbocycles. The van der Waals surface area contributed by atoms with Gasteiger partial charge in [0.05, 0.1) is 11.3 Å². The molecule has 7 heteroatoms. The lowest BCUT2D eigenvalue weighted by Crippen LogP contribution is -2.33. The zero-order chi connectivity index (χ0) is 20.8. The highest BCUT2D eigenvalue weighted by Crippen LogP contribution is 2.35. The molecule has 4 aromatic rings. The standard InChI is InChI=1S/C23H20N4O2S/c1-3-4-13-26-17-8-6-5-7-16(17)18(21(26)28)19-22(29)27-23(30-19)24-20(25-27)15-11-9-14(2)10-12-15/h5-12H,3-4,13H2,1-2H3. The minimum Gasteiger partial charge on any atom is -0.308 e. The van der Waals surface area contributed by atoms with E-state index in [9.17, 15) is 9.59 Å². The highest BCUT2D eigenvalue weighted by atomic mass is 32.1. The Kier molecular flexibility index (Phi) is 4.47. The van der Waals surface area contributed by atoms with Crippen molar-refractivity contribution in [3.05, 3.63) is 74.5 Å². The second-order valence-corrected chi connectivity index (χ2v) is 8.41. The SMILES string of the molecule is CCCCN1C(=O)C(=c2sc3nc(-c4ccc(C)cc4)nn3c2=O)c2ccccc21. The minimum absolute atomic E-state index is 0.120. The topological polar surface area (TPSA) is 67.6 Å². The van der Waals surface area contributed by atoms with Gasteiger partial charge in [-0.1, -0.05) is 72.7 Å². The van der Waals surface area contributed by atoms with Crippen LogP contribution in [0.15, 0.2) is 53.3 Å². The largest absolute Gasteiger partial charge is 0.308 e. The number of hydrogen-bond donors (Lipinski definition) is 0. The van der Waals surface area contributed by atoms with Gasteiger partial charge in [0.15, 0.2) is 5.82 Å². The molecule has 1 amide bonds. The van der Waals surface area contributed by atoms with Gasteiger partial charge in [-0.2, -0.15) is 9.50 Å². The molecule has 1 aliphatic heterocycles. The van der Waals surface area contributed by atoms with Crippen LogP contribution < -0.4 is 15.0 Å². The van der Waals surface area contributed by atoms with E-state index < -0.39 is 0 Å². The summed E-state index contributed by atoms with van der Waals surface area (Å²) in [4.78, 5) is 33.2. The Morgan fingerprint density at radius 2 is 1.80 bits per heavy atom. The van der Waals surface area contributed by atoms with Gasteiger partial charge in [-0.25, -0.2) is 0 Å². The molecule has 2 aromatic heterocycles. The lowest BCUT2D eigenvalue weighted by atomic mass is 10.1. The normalized spacial score (nSPS) is 15.3. The summed E-state index contributed by atoms with van der Waals surface area (Å²) >= 11 is 1.23. The van der Waals surface area contributed by atoms with Crippen molar-refractivity contribution in [3.8, 4) is 11.4 Å². The van der Waals surface area contributed by atoms with Crippen LogP contribution >= 0.6 is 11.3 Å². The highest BCUT2D eigenvalue weighted by Gasteiger charge is 2.33. The summed E-state index contributed by atoms with van der Waals surface area (Å²) in [6.07, 6.45) is 1.90. The summed E-state index contributed by atoms with van der Waals surface area (Å²) in [5, 5.41) is 4.42. The van der Waals surface area contributed by atoms with Crippen molar-refractivity contribution >= 4 is 33.5 Å². The number of thiazole rings is 1. The van der Waals surface area contributed by atoms with Crippen molar-refractivity contribution < 1.29 is 4.79 Å². The molecule has 0 N–H and O–H groups in total. The number of amides is 1. The van der Waals surface area contributed by atoms with Crippen LogP contribution in [-0.4, -0.2) is 27.0 Å². The molecular weight excluding hydrogens is 396 g/mol. The summed E-state index contributed by atoms with van der Waals surface area (Å²) in [6, 6.07) is 15.5. The number of carbonyl (C=O) groups is 1. The maximum absolute atomic E-state index is 13.2. The molecule has 30 heavy (non-hydrogen) atoms. The first-order valence-electron chi connectivity index (χ1n) is 10.0. The highest BCUT2D eigenvalue weighted by molar-refractivity contribution is 7.15. The van der Waals surface area contributed by atoms with Crippen molar-refractivity contribution in [2.75, 3.05) is 11.4 Å². The van der Waals surface area contributed by atoms with Crippen LogP contribution in [0.3, 0.4) is 0 Å². The number of unbranched alkanes of at least 4 members (excludes halogenated alkanes) is 1. The van der Waals surface area contributed by atoms with E-state index in [2.05, 4.69) is 17.0 Å². The predicted molar refractivity (Wildman–Crippen MR) is 119 cm³/mol. The van der Waals surface area contributed by atoms with E-state index in [4.69, 9.17) is 0 Å². The number of hydrogen-bond acceptors (Lipinski definition) is 5. The van der Waals surface area contributed by atoms with Gasteiger partial charge in [0.1, 0.15) is 4.53 Å². The van der Waals surface area contributed by atoms with E-state index in [1.165, 1.54) is 15.9 Å². The van der Waals surface area contributed by atoms with Gasteiger partial charge < -0.3 is 4.90 Å². The van der Waals surface area contributed by atoms with Crippen LogP contribution in [-0.2, 0) is 4.79 Å². The summed E-state index contributed by atoms with van der Waals surface area (Å²) in [7, 11) is 0. The Hall–Kier alpha value is -3.32. The van der Waals surface area contributed by atoms with E-state index in [0.717, 1.165) is 35.2 Å². The van der Waals surface area contributed by atoms with Gasteiger partial charge in [-0.15, -0.1) is 5.10 Å². The van der Waals surface area contributed by atoms with Gasteiger partial charge in [0.25, 0.3) is 11.5 Å². The Morgan fingerprint density at radius 1 is 1.03 bits per heavy atom. The van der Waals surface area contributed by atoms with Crippen molar-refractivity contribution in [2.24, 2.45) is 0 Å². The monoisotopic (exact) mass is 416 g/mol. The molecule has 0 atom stereocenters. The average molecular weight is 417 g/mol. The van der Waals surface area contributed by atoms with Crippen LogP contribution in [0.4, 0.5) is 5.69 Å². The second-order valence-electron chi connectivity index (χ2n) is 7.43. The first kappa shape index (κ1) is 18.7. The molecule has 6 nitrogen and oxygen atoms in total. The van der Waals surface area contributed by atoms with E-state index in [0.29, 0.717) is 27.4 Å². The predicted octanol–water partition coefficient (Wildman–Crippen LogP) is 3.19. The zero-order valence-electron chi connectivity index (χ0n) is 16.8. The summed E-state index contributed by atoms with van der Waals surface area (Å²) < 4.78 is 1.71. The quantitative estimate of drug-likeness (QED) is 0.512. The van der Waals surface area contributed by atoms with Crippen LogP contribution in [0.2, 0.25) is 0 Å². The van der Waals surface area contributed by atoms with E-state index in [1.54, 1.807) is 4.90 Å². The van der Waals surface area contributed by atoms with Crippen LogP contribution in [0.1, 0.15) is 30.9 Å². The third kappa shape index (κ3) is 2.85. The Bertz CT molecular complexity index is 1390. The van der Waals surface area contributed by atoms with Crippen LogP contribution in [0, 0.1) is 6.92 Å². The maximum atomic E-state index is 13.2. The van der Waals surface area contributed by atoms with E-state index >= 15 is 0 Å². The number of rotatable bonds is 4. The molecular formula is C23H20N4O2S. The zero-order valence-corrected chi connectivity index (χ0v) is 17.6. The molecule has 3 heterocycles. The molecule has 0 aliphatic carbocycles. The number of fused-ring (bicyclic) bond motifs is 2. The maximum Gasteiger partial charge on any atom is 0.291 e. The van der Waals surface area contributed by atoms with Gasteiger partial charge in [-0.3, -0.25) is 9.59 Å². The van der Waals surface area contributed by atoms with Crippen molar-refractivity contribution in [1.29, 1.82) is 0 Å². The molecule has 0 spiro atoms. The number of anilines is 1. The van der Waals surface area contributed by atoms with E-state index in [-0.39, 0.29) is 11.5 Å². The minimum atomic E-state index is -0.295. The fourth-order valence-electron chi connectivity index (χ4n) is 3.75. The number of carbonyl (C=O) groups excluding carboxylic acids is 1. The van der Waals surface area contributed by atoms with Crippen molar-refractivity contribution in [3.63, 3.8) is 0 Å². The van der Waals surface area contributed by atoms with Crippen molar-refractivity contribution in [1.82, 2.24) is 14.6 Å². The lowest BCUT2D eigenvalue weighted by molar-refractivity contribution is -0.113. The lowest BCUT2D eigenvalue weighted by Gasteiger charge is -2.16. The average Bonchev–Trinajstić information content (AvgIpc) is 3.38. The van der Waals surface area contributed by atoms with Gasteiger partial charge in [-0.05, 0) is 19.4 Å². The summed E-state index contributed by atoms with van der Waals surface area (Å²) in [5.41, 5.74) is 3.84. The Labute approximate surface area is 177 Å². The number of nitrogens with zero attached hydrogens (tertiary/aromatic N) is 4. The smallest absolute Gasteiger partial charge is 0.291 e. The van der Waals surface area contributed by atoms with Gasteiger partial charge in [0.2, 0.25) is 4.96 Å². The summed E-state index contributed by atoms with van der Waals surface area (Å²) in [5.74, 6) is 0.391. The van der Waals surface area contributed by atoms with Crippen LogP contribution in [0.25, 0.3) is 21.9 Å². The third-order valence-corrected chi connectivity index (χ3v) is 6.38. The fourth-order valence-corrected chi connectivity index (χ4v) is 4.75. The number of para-hydroxylation sites is 1. The molecule has 5 rings (SSSR count). The van der Waals surface area contributed by atoms with Gasteiger partial charge >= 0.3 is 0 Å². The molecule has 0 unspecified atom stereocenters. The number of aromatic nitrogens is 3. The molecule has 0 bridgehead atoms. The molecule has 150 valence electrons. The van der Waals surface area contributed by atoms with E-state index in [1.807, 2.05) is 55.5 Å². The third-order valence-electron chi connectivity index (χ3n) is 5.35. The first-order valence-corrected chi connectivity index (χ1v) is 10.8. The first-order chi connectivity index (χ1) is 14.6. The molecule has 0 saturated heterocycles. The van der Waals surface area contributed by atoms with Gasteiger partial charge in [0, 0.05) is 17.7 Å². The summed E-state index contributed by atoms with van der Waals surface area (Å²) in [6.45, 7) is 4.75. The van der Waals surface area contributed by atoms with Crippen molar-refractivity contribution in [2.45, 2.75) is 26.7 Å². The second kappa shape index (κ2) is 7.18. The molecule has 2 aromatic carbocycles. The molecule has 0 radical (unpaired) electrons.